The van der Waals surface area contributed by atoms with Gasteiger partial charge in [-0.3, -0.25) is 9.59 Å². The molecule has 232 valence electrons. The molecule has 4 N–H and O–H groups in total. The van der Waals surface area contributed by atoms with Gasteiger partial charge in [0.05, 0.1) is 19.3 Å². The lowest BCUT2D eigenvalue weighted by molar-refractivity contribution is 0.00408. The van der Waals surface area contributed by atoms with Gasteiger partial charge in [-0.05, 0) is 79.8 Å². The van der Waals surface area contributed by atoms with E-state index in [9.17, 15) is 28.6 Å². The van der Waals surface area contributed by atoms with Crippen LogP contribution in [0.4, 0.5) is 14.5 Å². The number of benzene rings is 3. The highest BCUT2D eigenvalue weighted by Crippen LogP contribution is 2.19. The molecular weight excluding hydrogens is 556 g/mol. The van der Waals surface area contributed by atoms with Crippen molar-refractivity contribution in [3.05, 3.63) is 94.6 Å². The number of aryl methyl sites for hydroxylation is 1. The predicted molar refractivity (Wildman–Crippen MR) is 162 cm³/mol. The van der Waals surface area contributed by atoms with Crippen LogP contribution in [0.15, 0.2) is 60.7 Å². The van der Waals surface area contributed by atoms with E-state index in [1.54, 1.807) is 48.2 Å². The van der Waals surface area contributed by atoms with Gasteiger partial charge in [-0.2, -0.15) is 0 Å². The summed E-state index contributed by atoms with van der Waals surface area (Å²) in [6.45, 7) is 6.83. The van der Waals surface area contributed by atoms with E-state index in [0.29, 0.717) is 35.7 Å². The van der Waals surface area contributed by atoms with Crippen molar-refractivity contribution in [2.75, 3.05) is 32.1 Å². The van der Waals surface area contributed by atoms with Gasteiger partial charge in [0.1, 0.15) is 23.5 Å². The monoisotopic (exact) mass is 597 g/mol. The Morgan fingerprint density at radius 3 is 2.21 bits per heavy atom. The van der Waals surface area contributed by atoms with Gasteiger partial charge in [-0.15, -0.1) is 0 Å². The Hall–Kier alpha value is -4.02. The van der Waals surface area contributed by atoms with E-state index in [4.69, 9.17) is 4.74 Å². The Labute approximate surface area is 251 Å². The van der Waals surface area contributed by atoms with Crippen LogP contribution in [0.2, 0.25) is 0 Å². The Morgan fingerprint density at radius 1 is 0.930 bits per heavy atom. The van der Waals surface area contributed by atoms with Crippen molar-refractivity contribution in [2.24, 2.45) is 0 Å². The highest BCUT2D eigenvalue weighted by molar-refractivity contribution is 6.00. The van der Waals surface area contributed by atoms with Crippen LogP contribution in [-0.2, 0) is 6.42 Å². The average Bonchev–Trinajstić information content (AvgIpc) is 2.97. The van der Waals surface area contributed by atoms with Crippen molar-refractivity contribution in [2.45, 2.75) is 58.3 Å². The summed E-state index contributed by atoms with van der Waals surface area (Å²) in [4.78, 5) is 28.5. The lowest BCUT2D eigenvalue weighted by atomic mass is 9.96. The Balaban J connectivity index is 1.85. The van der Waals surface area contributed by atoms with Gasteiger partial charge in [-0.1, -0.05) is 19.9 Å². The number of nitrogens with zero attached hydrogens (tertiary/aromatic N) is 1. The van der Waals surface area contributed by atoms with Crippen molar-refractivity contribution in [3.8, 4) is 5.75 Å². The van der Waals surface area contributed by atoms with Crippen LogP contribution in [0, 0.1) is 18.6 Å². The van der Waals surface area contributed by atoms with Crippen LogP contribution in [0.25, 0.3) is 0 Å². The SMILES string of the molecule is CCCN(CCC)C(=O)c1cc(C)cc(C(=O)N[C@@H](Cc2cc(F)cc(F)c2)[C@@H](O)[C@H](O)CNc2cccc(OC)c2)c1. The molecule has 0 saturated heterocycles. The number of methoxy groups -OCH3 is 1. The van der Waals surface area contributed by atoms with Crippen molar-refractivity contribution in [3.63, 3.8) is 0 Å². The predicted octanol–water partition coefficient (Wildman–Crippen LogP) is 4.72. The normalized spacial score (nSPS) is 13.1. The number of rotatable bonds is 15. The Bertz CT molecular complexity index is 1360. The highest BCUT2D eigenvalue weighted by Gasteiger charge is 2.29. The lowest BCUT2D eigenvalue weighted by Crippen LogP contribution is -2.51. The number of halogens is 2. The van der Waals surface area contributed by atoms with E-state index in [0.717, 1.165) is 31.0 Å². The molecule has 0 spiro atoms. The molecule has 0 fully saturated rings. The van der Waals surface area contributed by atoms with E-state index in [2.05, 4.69) is 10.6 Å². The number of ether oxygens (including phenoxy) is 1. The van der Waals surface area contributed by atoms with E-state index in [-0.39, 0.29) is 30.0 Å². The zero-order valence-electron chi connectivity index (χ0n) is 25.1. The molecule has 43 heavy (non-hydrogen) atoms. The second-order valence-electron chi connectivity index (χ2n) is 10.6. The lowest BCUT2D eigenvalue weighted by Gasteiger charge is -2.28. The number of carbonyl (C=O) groups is 2. The van der Waals surface area contributed by atoms with Gasteiger partial charge in [-0.25, -0.2) is 8.78 Å². The first-order chi connectivity index (χ1) is 20.5. The fraction of sp³-hybridized carbons (Fsp3) is 0.394. The van der Waals surface area contributed by atoms with Gasteiger partial charge in [0, 0.05) is 48.6 Å². The Morgan fingerprint density at radius 2 is 1.58 bits per heavy atom. The molecule has 0 aliphatic rings. The molecule has 8 nitrogen and oxygen atoms in total. The standard InChI is InChI=1S/C33H41F2N3O5/c1-5-10-38(11-6-2)33(42)24-13-21(3)12-23(17-24)32(41)37-29(16-22-14-25(34)18-26(35)15-22)31(40)30(39)20-36-27-8-7-9-28(19-27)43-4/h7-9,12-15,17-19,29-31,36,39-40H,5-6,10-11,16,20H2,1-4H3,(H,37,41)/t29-,30+,31+/m0/s1. The van der Waals surface area contributed by atoms with Gasteiger partial charge in [0.25, 0.3) is 11.8 Å². The maximum Gasteiger partial charge on any atom is 0.253 e. The molecule has 3 atom stereocenters. The van der Waals surface area contributed by atoms with Crippen LogP contribution < -0.4 is 15.4 Å². The molecule has 0 aliphatic heterocycles. The molecule has 3 rings (SSSR count). The van der Waals surface area contributed by atoms with Gasteiger partial charge < -0.3 is 30.5 Å². The second-order valence-corrected chi connectivity index (χ2v) is 10.6. The molecule has 10 heteroatoms. The van der Waals surface area contributed by atoms with Crippen LogP contribution in [0.1, 0.15) is 58.5 Å². The van der Waals surface area contributed by atoms with Crippen LogP contribution in [0.5, 0.6) is 5.75 Å². The summed E-state index contributed by atoms with van der Waals surface area (Å²) in [5.41, 5.74) is 2.05. The number of aliphatic hydroxyl groups excluding tert-OH is 2. The molecule has 0 radical (unpaired) electrons. The molecule has 3 aromatic carbocycles. The molecule has 0 bridgehead atoms. The zero-order chi connectivity index (χ0) is 31.5. The van der Waals surface area contributed by atoms with Crippen molar-refractivity contribution in [1.82, 2.24) is 10.2 Å². The van der Waals surface area contributed by atoms with Crippen molar-refractivity contribution >= 4 is 17.5 Å². The molecule has 0 aromatic heterocycles. The van der Waals surface area contributed by atoms with Crippen LogP contribution in [-0.4, -0.2) is 71.9 Å². The summed E-state index contributed by atoms with van der Waals surface area (Å²) in [6.07, 6.45) is -1.48. The fourth-order valence-electron chi connectivity index (χ4n) is 4.91. The molecular formula is C33H41F2N3O5. The summed E-state index contributed by atoms with van der Waals surface area (Å²) < 4.78 is 33.2. The molecule has 0 aliphatic carbocycles. The molecule has 0 heterocycles. The number of hydrogen-bond acceptors (Lipinski definition) is 6. The van der Waals surface area contributed by atoms with Crippen molar-refractivity contribution in [1.29, 1.82) is 0 Å². The van der Waals surface area contributed by atoms with Crippen LogP contribution >= 0.6 is 0 Å². The first kappa shape index (κ1) is 33.5. The van der Waals surface area contributed by atoms with E-state index in [1.807, 2.05) is 13.8 Å². The quantitative estimate of drug-likeness (QED) is 0.202. The number of anilines is 1. The van der Waals surface area contributed by atoms with E-state index >= 15 is 0 Å². The van der Waals surface area contributed by atoms with E-state index in [1.165, 1.54) is 13.2 Å². The summed E-state index contributed by atoms with van der Waals surface area (Å²) >= 11 is 0. The average molecular weight is 598 g/mol. The minimum Gasteiger partial charge on any atom is -0.497 e. The zero-order valence-corrected chi connectivity index (χ0v) is 25.1. The number of hydrogen-bond donors (Lipinski definition) is 4. The largest absolute Gasteiger partial charge is 0.497 e. The second kappa shape index (κ2) is 16.0. The number of amides is 2. The molecule has 3 aromatic rings. The minimum absolute atomic E-state index is 0.0913. The summed E-state index contributed by atoms with van der Waals surface area (Å²) in [5, 5.41) is 27.8. The molecule has 2 amide bonds. The molecule has 0 unspecified atom stereocenters. The van der Waals surface area contributed by atoms with Crippen LogP contribution in [0.3, 0.4) is 0 Å². The number of aliphatic hydroxyl groups is 2. The Kier molecular flexibility index (Phi) is 12.5. The van der Waals surface area contributed by atoms with Gasteiger partial charge >= 0.3 is 0 Å². The summed E-state index contributed by atoms with van der Waals surface area (Å²) in [6, 6.07) is 13.6. The first-order valence-electron chi connectivity index (χ1n) is 14.4. The summed E-state index contributed by atoms with van der Waals surface area (Å²) in [5.74, 6) is -1.81. The maximum atomic E-state index is 14.0. The maximum absolute atomic E-state index is 14.0. The third kappa shape index (κ3) is 9.76. The minimum atomic E-state index is -1.52. The third-order valence-corrected chi connectivity index (χ3v) is 6.95. The van der Waals surface area contributed by atoms with Gasteiger partial charge in [0.2, 0.25) is 0 Å². The highest BCUT2D eigenvalue weighted by atomic mass is 19.1. The fourth-order valence-corrected chi connectivity index (χ4v) is 4.91. The number of nitrogens with one attached hydrogen (secondary N) is 2. The molecule has 0 saturated carbocycles. The summed E-state index contributed by atoms with van der Waals surface area (Å²) in [7, 11) is 1.53. The number of carbonyl (C=O) groups excluding carboxylic acids is 2. The van der Waals surface area contributed by atoms with E-state index < -0.39 is 35.8 Å². The topological polar surface area (TPSA) is 111 Å². The smallest absolute Gasteiger partial charge is 0.253 e. The first-order valence-corrected chi connectivity index (χ1v) is 14.4. The third-order valence-electron chi connectivity index (χ3n) is 6.95. The van der Waals surface area contributed by atoms with Crippen molar-refractivity contribution < 1.29 is 33.3 Å². The van der Waals surface area contributed by atoms with Gasteiger partial charge in [0.15, 0.2) is 0 Å².